The highest BCUT2D eigenvalue weighted by Crippen LogP contribution is 2.37. The highest BCUT2D eigenvalue weighted by atomic mass is 19.4. The van der Waals surface area contributed by atoms with Crippen LogP contribution in [0.15, 0.2) is 41.5 Å². The Labute approximate surface area is 258 Å². The molecule has 17 heteroatoms. The van der Waals surface area contributed by atoms with Crippen molar-refractivity contribution in [2.75, 3.05) is 24.6 Å². The molecule has 0 spiro atoms. The van der Waals surface area contributed by atoms with Gasteiger partial charge < -0.3 is 9.64 Å². The molecule has 0 N–H and O–H groups in total. The molecule has 46 heavy (non-hydrogen) atoms. The number of pyridine rings is 2. The third-order valence-corrected chi connectivity index (χ3v) is 8.55. The number of hydrogen-bond donors (Lipinski definition) is 0. The standard InChI is InChI=1S/C29H31F6N9O2/c1-16-14-43(25-23-26(41(3)27(45)38-25)44(40-39-23)15-20-5-4-10-46-20)17(2)13-42(16)24(21-8-6-18(11-36-21)28(30,31)32)22-9-7-19(12-37-22)29(33,34)35/h6-9,11-12,16-17,20,24H,4-5,10,13-15H2,1-3H3/t16-,17+,20+/m1/s1. The summed E-state index contributed by atoms with van der Waals surface area (Å²) < 4.78 is 88.7. The first kappa shape index (κ1) is 31.8. The Hall–Kier alpha value is -4.12. The minimum Gasteiger partial charge on any atom is -0.376 e. The lowest BCUT2D eigenvalue weighted by Crippen LogP contribution is -2.58. The van der Waals surface area contributed by atoms with E-state index >= 15 is 0 Å². The molecule has 0 bridgehead atoms. The van der Waals surface area contributed by atoms with Crippen molar-refractivity contribution < 1.29 is 31.1 Å². The number of piperazine rings is 1. The van der Waals surface area contributed by atoms with Crippen molar-refractivity contribution in [3.05, 3.63) is 69.7 Å². The molecule has 4 aromatic rings. The highest BCUT2D eigenvalue weighted by molar-refractivity contribution is 5.83. The van der Waals surface area contributed by atoms with Crippen LogP contribution in [-0.2, 0) is 30.7 Å². The van der Waals surface area contributed by atoms with Gasteiger partial charge in [0.15, 0.2) is 17.0 Å². The molecule has 11 nitrogen and oxygen atoms in total. The molecule has 0 amide bonds. The SMILES string of the molecule is C[C@@H]1CN(c2nc(=O)n(C)c3c2nnn3C[C@@H]2CCCO2)[C@@H](C)CN1C(c1ccc(C(F)(F)F)cn1)c1ccc(C(F)(F)F)cn1. The fourth-order valence-corrected chi connectivity index (χ4v) is 6.17. The van der Waals surface area contributed by atoms with E-state index in [-0.39, 0.29) is 36.1 Å². The zero-order valence-corrected chi connectivity index (χ0v) is 25.1. The monoisotopic (exact) mass is 651 g/mol. The maximum Gasteiger partial charge on any atom is 0.417 e. The summed E-state index contributed by atoms with van der Waals surface area (Å²) in [7, 11) is 1.60. The van der Waals surface area contributed by atoms with E-state index in [4.69, 9.17) is 4.74 Å². The third-order valence-electron chi connectivity index (χ3n) is 8.55. The Morgan fingerprint density at radius 3 is 2.09 bits per heavy atom. The number of aromatic nitrogens is 7. The zero-order valence-electron chi connectivity index (χ0n) is 25.1. The van der Waals surface area contributed by atoms with Gasteiger partial charge in [0.05, 0.1) is 41.2 Å². The van der Waals surface area contributed by atoms with Crippen molar-refractivity contribution in [2.24, 2.45) is 7.05 Å². The molecule has 2 fully saturated rings. The molecule has 0 aromatic carbocycles. The highest BCUT2D eigenvalue weighted by Gasteiger charge is 2.39. The van der Waals surface area contributed by atoms with Crippen molar-refractivity contribution in [3.8, 4) is 0 Å². The molecular weight excluding hydrogens is 620 g/mol. The maximum atomic E-state index is 13.3. The summed E-state index contributed by atoms with van der Waals surface area (Å²) in [6, 6.07) is 2.68. The quantitative estimate of drug-likeness (QED) is 0.284. The number of alkyl halides is 6. The normalized spacial score (nSPS) is 21.5. The van der Waals surface area contributed by atoms with Crippen LogP contribution in [0.5, 0.6) is 0 Å². The Morgan fingerprint density at radius 2 is 1.57 bits per heavy atom. The van der Waals surface area contributed by atoms with Crippen molar-refractivity contribution >= 4 is 17.0 Å². The van der Waals surface area contributed by atoms with Gasteiger partial charge in [0, 0.05) is 51.2 Å². The molecule has 2 saturated heterocycles. The predicted octanol–water partition coefficient (Wildman–Crippen LogP) is 4.22. The number of hydrogen-bond acceptors (Lipinski definition) is 9. The lowest BCUT2D eigenvalue weighted by Gasteiger charge is -2.47. The smallest absolute Gasteiger partial charge is 0.376 e. The summed E-state index contributed by atoms with van der Waals surface area (Å²) in [6.07, 6.45) is -6.06. The van der Waals surface area contributed by atoms with E-state index in [0.717, 1.165) is 25.0 Å². The van der Waals surface area contributed by atoms with Gasteiger partial charge in [-0.25, -0.2) is 9.48 Å². The number of fused-ring (bicyclic) bond motifs is 1. The van der Waals surface area contributed by atoms with E-state index < -0.39 is 35.2 Å². The number of anilines is 1. The van der Waals surface area contributed by atoms with Crippen LogP contribution >= 0.6 is 0 Å². The Bertz CT molecular complexity index is 1690. The van der Waals surface area contributed by atoms with E-state index in [2.05, 4.69) is 25.3 Å². The number of aryl methyl sites for hydroxylation is 1. The van der Waals surface area contributed by atoms with Crippen LogP contribution in [0.2, 0.25) is 0 Å². The van der Waals surface area contributed by atoms with Crippen LogP contribution in [0.25, 0.3) is 11.2 Å². The summed E-state index contributed by atoms with van der Waals surface area (Å²) in [4.78, 5) is 29.4. The molecule has 4 aromatic heterocycles. The van der Waals surface area contributed by atoms with E-state index in [1.54, 1.807) is 11.7 Å². The predicted molar refractivity (Wildman–Crippen MR) is 153 cm³/mol. The maximum absolute atomic E-state index is 13.3. The first-order chi connectivity index (χ1) is 21.7. The number of halogens is 6. The van der Waals surface area contributed by atoms with Gasteiger partial charge in [0.2, 0.25) is 0 Å². The van der Waals surface area contributed by atoms with Crippen LogP contribution in [-0.4, -0.2) is 77.3 Å². The largest absolute Gasteiger partial charge is 0.417 e. The summed E-state index contributed by atoms with van der Waals surface area (Å²) in [5.74, 6) is 0.340. The topological polar surface area (TPSA) is 107 Å². The van der Waals surface area contributed by atoms with E-state index in [0.29, 0.717) is 49.1 Å². The Kier molecular flexibility index (Phi) is 8.25. The summed E-state index contributed by atoms with van der Waals surface area (Å²) in [6.45, 7) is 5.42. The van der Waals surface area contributed by atoms with Crippen LogP contribution in [0, 0.1) is 0 Å². The number of rotatable bonds is 6. The fourth-order valence-electron chi connectivity index (χ4n) is 6.17. The minimum atomic E-state index is -4.61. The minimum absolute atomic E-state index is 0.0475. The third kappa shape index (κ3) is 6.04. The average molecular weight is 652 g/mol. The Balaban J connectivity index is 1.35. The molecule has 6 rings (SSSR count). The second-order valence-corrected chi connectivity index (χ2v) is 11.7. The average Bonchev–Trinajstić information content (AvgIpc) is 3.67. The van der Waals surface area contributed by atoms with Gasteiger partial charge in [-0.15, -0.1) is 5.10 Å². The van der Waals surface area contributed by atoms with Gasteiger partial charge in [-0.3, -0.25) is 19.4 Å². The number of nitrogens with zero attached hydrogens (tertiary/aromatic N) is 9. The summed E-state index contributed by atoms with van der Waals surface area (Å²) in [5.41, 5.74) is -1.09. The second-order valence-electron chi connectivity index (χ2n) is 11.7. The van der Waals surface area contributed by atoms with Crippen LogP contribution < -0.4 is 10.6 Å². The molecule has 0 saturated carbocycles. The summed E-state index contributed by atoms with van der Waals surface area (Å²) in [5, 5.41) is 8.68. The van der Waals surface area contributed by atoms with Crippen LogP contribution in [0.3, 0.4) is 0 Å². The lowest BCUT2D eigenvalue weighted by atomic mass is 9.99. The summed E-state index contributed by atoms with van der Waals surface area (Å²) >= 11 is 0. The van der Waals surface area contributed by atoms with Gasteiger partial charge in [-0.2, -0.15) is 31.3 Å². The van der Waals surface area contributed by atoms with Gasteiger partial charge in [0.25, 0.3) is 0 Å². The molecule has 0 unspecified atom stereocenters. The van der Waals surface area contributed by atoms with Crippen molar-refractivity contribution in [2.45, 2.75) is 69.8 Å². The van der Waals surface area contributed by atoms with Gasteiger partial charge in [-0.05, 0) is 51.0 Å². The number of ether oxygens (including phenoxy) is 1. The van der Waals surface area contributed by atoms with Crippen molar-refractivity contribution in [1.82, 2.24) is 39.4 Å². The zero-order chi connectivity index (χ0) is 33.0. The van der Waals surface area contributed by atoms with E-state index in [1.165, 1.54) is 16.7 Å². The van der Waals surface area contributed by atoms with Crippen molar-refractivity contribution in [1.29, 1.82) is 0 Å². The molecule has 246 valence electrons. The first-order valence-corrected chi connectivity index (χ1v) is 14.7. The molecule has 2 aliphatic heterocycles. The first-order valence-electron chi connectivity index (χ1n) is 14.7. The lowest BCUT2D eigenvalue weighted by molar-refractivity contribution is -0.138. The van der Waals surface area contributed by atoms with Gasteiger partial charge in [-0.1, -0.05) is 5.21 Å². The molecule has 6 heterocycles. The van der Waals surface area contributed by atoms with Gasteiger partial charge >= 0.3 is 18.0 Å². The molecule has 3 atom stereocenters. The second kappa shape index (κ2) is 11.9. The molecular formula is C29H31F6N9O2. The van der Waals surface area contributed by atoms with Gasteiger partial charge in [0.1, 0.15) is 0 Å². The Morgan fingerprint density at radius 1 is 0.935 bits per heavy atom. The fraction of sp³-hybridized carbons (Fsp3) is 0.517. The van der Waals surface area contributed by atoms with Crippen LogP contribution in [0.1, 0.15) is 55.2 Å². The molecule has 2 aliphatic rings. The molecule has 0 radical (unpaired) electrons. The van der Waals surface area contributed by atoms with Crippen LogP contribution in [0.4, 0.5) is 32.2 Å². The van der Waals surface area contributed by atoms with E-state index in [9.17, 15) is 31.1 Å². The molecule has 0 aliphatic carbocycles. The van der Waals surface area contributed by atoms with E-state index in [1.807, 2.05) is 23.6 Å². The van der Waals surface area contributed by atoms with Crippen molar-refractivity contribution in [3.63, 3.8) is 0 Å².